The summed E-state index contributed by atoms with van der Waals surface area (Å²) < 4.78 is 6.45. The van der Waals surface area contributed by atoms with Gasteiger partial charge in [-0.15, -0.1) is 0 Å². The standard InChI is InChI=1S/C20H28N2O2Si/c1-20(2,3)25(4,5)24-15-10-9-14-7-6-8-17(16(14)13-15)22-18(21)11-12-19(22)23/h6-10,13,18H,11-12,21H2,1-5H3. The van der Waals surface area contributed by atoms with Crippen LogP contribution in [0.3, 0.4) is 0 Å². The molecule has 4 nitrogen and oxygen atoms in total. The lowest BCUT2D eigenvalue weighted by Gasteiger charge is -2.36. The van der Waals surface area contributed by atoms with E-state index in [0.717, 1.165) is 22.2 Å². The van der Waals surface area contributed by atoms with Gasteiger partial charge in [0.15, 0.2) is 0 Å². The van der Waals surface area contributed by atoms with E-state index >= 15 is 0 Å². The number of hydrogen-bond donors (Lipinski definition) is 1. The Kier molecular flexibility index (Phi) is 4.41. The Labute approximate surface area is 151 Å². The number of anilines is 1. The van der Waals surface area contributed by atoms with Crippen LogP contribution in [0.4, 0.5) is 5.69 Å². The summed E-state index contributed by atoms with van der Waals surface area (Å²) in [6.45, 7) is 11.2. The summed E-state index contributed by atoms with van der Waals surface area (Å²) in [5, 5.41) is 2.24. The van der Waals surface area contributed by atoms with Crippen molar-refractivity contribution < 1.29 is 9.22 Å². The maximum absolute atomic E-state index is 12.3. The Hall–Kier alpha value is -1.85. The van der Waals surface area contributed by atoms with Crippen LogP contribution in [0.5, 0.6) is 5.75 Å². The molecule has 0 bridgehead atoms. The summed E-state index contributed by atoms with van der Waals surface area (Å²) in [4.78, 5) is 14.0. The lowest BCUT2D eigenvalue weighted by Crippen LogP contribution is -2.43. The van der Waals surface area contributed by atoms with Gasteiger partial charge in [0.05, 0.1) is 11.9 Å². The minimum Gasteiger partial charge on any atom is -0.543 e. The zero-order valence-electron chi connectivity index (χ0n) is 15.8. The fourth-order valence-electron chi connectivity index (χ4n) is 2.98. The summed E-state index contributed by atoms with van der Waals surface area (Å²) in [7, 11) is -1.91. The van der Waals surface area contributed by atoms with Crippen LogP contribution in [-0.4, -0.2) is 20.4 Å². The van der Waals surface area contributed by atoms with Crippen LogP contribution in [0.2, 0.25) is 18.1 Å². The van der Waals surface area contributed by atoms with E-state index in [0.29, 0.717) is 12.8 Å². The lowest BCUT2D eigenvalue weighted by atomic mass is 10.1. The minimum absolute atomic E-state index is 0.0933. The normalized spacial score (nSPS) is 18.9. The van der Waals surface area contributed by atoms with Crippen molar-refractivity contribution in [1.29, 1.82) is 0 Å². The van der Waals surface area contributed by atoms with Gasteiger partial charge in [0.25, 0.3) is 0 Å². The first-order valence-corrected chi connectivity index (χ1v) is 11.8. The third kappa shape index (κ3) is 3.31. The predicted octanol–water partition coefficient (Wildman–Crippen LogP) is 4.64. The number of rotatable bonds is 3. The highest BCUT2D eigenvalue weighted by Gasteiger charge is 2.39. The van der Waals surface area contributed by atoms with Crippen molar-refractivity contribution in [1.82, 2.24) is 0 Å². The molecule has 134 valence electrons. The van der Waals surface area contributed by atoms with Crippen molar-refractivity contribution in [3.63, 3.8) is 0 Å². The Bertz CT molecular complexity index is 811. The zero-order chi connectivity index (χ0) is 18.4. The molecule has 1 saturated heterocycles. The van der Waals surface area contributed by atoms with E-state index in [1.165, 1.54) is 0 Å². The van der Waals surface area contributed by atoms with Crippen LogP contribution < -0.4 is 15.1 Å². The van der Waals surface area contributed by atoms with Crippen LogP contribution in [0, 0.1) is 0 Å². The molecular formula is C20H28N2O2Si. The number of nitrogens with zero attached hydrogens (tertiary/aromatic N) is 1. The van der Waals surface area contributed by atoms with Crippen molar-refractivity contribution in [2.45, 2.75) is 57.9 Å². The van der Waals surface area contributed by atoms with Gasteiger partial charge in [-0.3, -0.25) is 9.69 Å². The van der Waals surface area contributed by atoms with E-state index in [-0.39, 0.29) is 17.1 Å². The summed E-state index contributed by atoms with van der Waals surface area (Å²) >= 11 is 0. The van der Waals surface area contributed by atoms with Gasteiger partial charge in [-0.05, 0) is 48.1 Å². The maximum Gasteiger partial charge on any atom is 0.250 e. The highest BCUT2D eigenvalue weighted by molar-refractivity contribution is 6.74. The van der Waals surface area contributed by atoms with Crippen molar-refractivity contribution in [2.75, 3.05) is 4.90 Å². The first kappa shape index (κ1) is 18.0. The van der Waals surface area contributed by atoms with Crippen LogP contribution in [-0.2, 0) is 4.79 Å². The molecule has 1 heterocycles. The quantitative estimate of drug-likeness (QED) is 0.815. The molecule has 1 aliphatic rings. The monoisotopic (exact) mass is 356 g/mol. The van der Waals surface area contributed by atoms with Crippen LogP contribution in [0.1, 0.15) is 33.6 Å². The fraction of sp³-hybridized carbons (Fsp3) is 0.450. The van der Waals surface area contributed by atoms with E-state index in [2.05, 4.69) is 52.1 Å². The van der Waals surface area contributed by atoms with Gasteiger partial charge in [-0.25, -0.2) is 0 Å². The Morgan fingerprint density at radius 3 is 2.52 bits per heavy atom. The first-order valence-electron chi connectivity index (χ1n) is 8.89. The second-order valence-corrected chi connectivity index (χ2v) is 13.1. The van der Waals surface area contributed by atoms with Gasteiger partial charge in [-0.1, -0.05) is 39.0 Å². The first-order chi connectivity index (χ1) is 11.6. The fourth-order valence-corrected chi connectivity index (χ4v) is 4.00. The van der Waals surface area contributed by atoms with Crippen molar-refractivity contribution >= 4 is 30.7 Å². The van der Waals surface area contributed by atoms with Gasteiger partial charge in [0.2, 0.25) is 14.2 Å². The Morgan fingerprint density at radius 2 is 1.92 bits per heavy atom. The molecule has 5 heteroatoms. The summed E-state index contributed by atoms with van der Waals surface area (Å²) in [6, 6.07) is 12.2. The maximum atomic E-state index is 12.3. The van der Waals surface area contributed by atoms with E-state index in [1.807, 2.05) is 18.2 Å². The molecule has 1 atom stereocenters. The zero-order valence-corrected chi connectivity index (χ0v) is 16.8. The second kappa shape index (κ2) is 6.14. The molecule has 3 rings (SSSR count). The van der Waals surface area contributed by atoms with Gasteiger partial charge >= 0.3 is 0 Å². The number of nitrogens with two attached hydrogens (primary N) is 1. The van der Waals surface area contributed by atoms with E-state index < -0.39 is 8.32 Å². The van der Waals surface area contributed by atoms with Gasteiger partial charge in [-0.2, -0.15) is 0 Å². The summed E-state index contributed by atoms with van der Waals surface area (Å²) in [5.74, 6) is 0.961. The average molecular weight is 357 g/mol. The number of benzene rings is 2. The number of hydrogen-bond acceptors (Lipinski definition) is 3. The number of fused-ring (bicyclic) bond motifs is 1. The molecule has 2 aromatic carbocycles. The molecule has 2 aromatic rings. The topological polar surface area (TPSA) is 55.6 Å². The summed E-state index contributed by atoms with van der Waals surface area (Å²) in [6.07, 6.45) is 0.968. The average Bonchev–Trinajstić information content (AvgIpc) is 2.84. The summed E-state index contributed by atoms with van der Waals surface area (Å²) in [5.41, 5.74) is 7.05. The SMILES string of the molecule is CC(C)(C)[Si](C)(C)Oc1ccc2cccc(N3C(=O)CCC3N)c2c1. The highest BCUT2D eigenvalue weighted by atomic mass is 28.4. The molecule has 1 unspecified atom stereocenters. The van der Waals surface area contributed by atoms with E-state index in [4.69, 9.17) is 10.2 Å². The Balaban J connectivity index is 2.05. The number of carbonyl (C=O) groups excluding carboxylic acids is 1. The molecule has 0 aromatic heterocycles. The number of amides is 1. The van der Waals surface area contributed by atoms with Crippen molar-refractivity contribution in [3.05, 3.63) is 36.4 Å². The molecule has 1 amide bonds. The Morgan fingerprint density at radius 1 is 1.20 bits per heavy atom. The van der Waals surface area contributed by atoms with Gasteiger partial charge in [0, 0.05) is 11.8 Å². The minimum atomic E-state index is -1.91. The molecule has 2 N–H and O–H groups in total. The van der Waals surface area contributed by atoms with Crippen molar-refractivity contribution in [3.8, 4) is 5.75 Å². The van der Waals surface area contributed by atoms with Gasteiger partial charge < -0.3 is 10.2 Å². The molecule has 0 aliphatic carbocycles. The predicted molar refractivity (Wildman–Crippen MR) is 106 cm³/mol. The van der Waals surface area contributed by atoms with Gasteiger partial charge in [0.1, 0.15) is 5.75 Å². The molecule has 1 aliphatic heterocycles. The third-order valence-electron chi connectivity index (χ3n) is 5.52. The molecule has 1 fully saturated rings. The molecule has 0 spiro atoms. The molecular weight excluding hydrogens is 328 g/mol. The van der Waals surface area contributed by atoms with Crippen LogP contribution in [0.25, 0.3) is 10.8 Å². The lowest BCUT2D eigenvalue weighted by molar-refractivity contribution is -0.117. The van der Waals surface area contributed by atoms with Crippen LogP contribution >= 0.6 is 0 Å². The molecule has 0 saturated carbocycles. The van der Waals surface area contributed by atoms with Crippen LogP contribution in [0.15, 0.2) is 36.4 Å². The second-order valence-electron chi connectivity index (χ2n) is 8.39. The number of carbonyl (C=O) groups is 1. The smallest absolute Gasteiger partial charge is 0.250 e. The van der Waals surface area contributed by atoms with E-state index in [9.17, 15) is 4.79 Å². The third-order valence-corrected chi connectivity index (χ3v) is 9.88. The molecule has 0 radical (unpaired) electrons. The highest BCUT2D eigenvalue weighted by Crippen LogP contribution is 2.39. The van der Waals surface area contributed by atoms with E-state index in [1.54, 1.807) is 4.90 Å². The van der Waals surface area contributed by atoms with Crippen molar-refractivity contribution in [2.24, 2.45) is 5.73 Å². The molecule has 25 heavy (non-hydrogen) atoms. The largest absolute Gasteiger partial charge is 0.543 e.